The number of anilines is 2. The predicted octanol–water partition coefficient (Wildman–Crippen LogP) is 5.70. The van der Waals surface area contributed by atoms with E-state index in [1.54, 1.807) is 35.3 Å². The third-order valence-corrected chi connectivity index (χ3v) is 4.09. The zero-order valence-electron chi connectivity index (χ0n) is 12.8. The zero-order chi connectivity index (χ0) is 17.8. The molecule has 128 valence electrons. The second-order valence-electron chi connectivity index (χ2n) is 5.29. The fourth-order valence-corrected chi connectivity index (χ4v) is 3.20. The van der Waals surface area contributed by atoms with E-state index >= 15 is 0 Å². The summed E-state index contributed by atoms with van der Waals surface area (Å²) in [6.45, 7) is 0.617. The zero-order valence-corrected chi connectivity index (χ0v) is 15.9. The summed E-state index contributed by atoms with van der Waals surface area (Å²) >= 11 is 23.2. The highest BCUT2D eigenvalue weighted by Gasteiger charge is 2.04. The summed E-state index contributed by atoms with van der Waals surface area (Å²) in [5, 5.41) is 12.5. The lowest BCUT2D eigenvalue weighted by molar-refractivity contribution is 0.687. The highest BCUT2D eigenvalue weighted by molar-refractivity contribution is 7.80. The quantitative estimate of drug-likeness (QED) is 0.540. The van der Waals surface area contributed by atoms with Gasteiger partial charge in [0, 0.05) is 27.6 Å². The Morgan fingerprint density at radius 2 is 1.68 bits per heavy atom. The first-order valence-corrected chi connectivity index (χ1v) is 8.83. The Bertz CT molecular complexity index is 890. The first-order chi connectivity index (χ1) is 12.0. The molecule has 2 aromatic carbocycles. The van der Waals surface area contributed by atoms with Crippen LogP contribution in [0.1, 0.15) is 5.56 Å². The van der Waals surface area contributed by atoms with Crippen molar-refractivity contribution >= 4 is 63.5 Å². The molecule has 0 amide bonds. The molecule has 25 heavy (non-hydrogen) atoms. The largest absolute Gasteiger partial charge is 0.332 e. The van der Waals surface area contributed by atoms with Crippen LogP contribution < -0.4 is 10.6 Å². The van der Waals surface area contributed by atoms with Crippen LogP contribution in [0.2, 0.25) is 15.1 Å². The number of aromatic nitrogens is 2. The molecule has 0 aliphatic heterocycles. The van der Waals surface area contributed by atoms with E-state index in [4.69, 9.17) is 47.0 Å². The fraction of sp³-hybridized carbons (Fsp3) is 0.0588. The average molecular weight is 412 g/mol. The number of thiocarbonyl (C=S) groups is 1. The van der Waals surface area contributed by atoms with Crippen LogP contribution in [-0.2, 0) is 6.54 Å². The second kappa shape index (κ2) is 8.06. The van der Waals surface area contributed by atoms with Gasteiger partial charge in [0.05, 0.1) is 17.8 Å². The van der Waals surface area contributed by atoms with E-state index in [9.17, 15) is 0 Å². The van der Waals surface area contributed by atoms with Crippen LogP contribution in [0, 0.1) is 0 Å². The Labute approximate surface area is 165 Å². The van der Waals surface area contributed by atoms with Crippen molar-refractivity contribution in [3.8, 4) is 0 Å². The van der Waals surface area contributed by atoms with Gasteiger partial charge in [-0.1, -0.05) is 46.9 Å². The van der Waals surface area contributed by atoms with Crippen molar-refractivity contribution < 1.29 is 0 Å². The molecule has 0 spiro atoms. The van der Waals surface area contributed by atoms with E-state index in [0.29, 0.717) is 26.7 Å². The van der Waals surface area contributed by atoms with Crippen LogP contribution in [0.5, 0.6) is 0 Å². The Morgan fingerprint density at radius 1 is 0.960 bits per heavy atom. The van der Waals surface area contributed by atoms with Gasteiger partial charge in [-0.2, -0.15) is 5.10 Å². The number of nitrogens with one attached hydrogen (secondary N) is 2. The Kier molecular flexibility index (Phi) is 5.81. The maximum absolute atomic E-state index is 5.99. The van der Waals surface area contributed by atoms with Crippen molar-refractivity contribution in [1.82, 2.24) is 9.78 Å². The maximum Gasteiger partial charge on any atom is 0.175 e. The number of benzene rings is 2. The Balaban J connectivity index is 1.65. The Morgan fingerprint density at radius 3 is 2.36 bits per heavy atom. The van der Waals surface area contributed by atoms with Crippen LogP contribution in [0.25, 0.3) is 0 Å². The van der Waals surface area contributed by atoms with E-state index in [0.717, 1.165) is 16.9 Å². The van der Waals surface area contributed by atoms with Gasteiger partial charge in [0.15, 0.2) is 5.11 Å². The topological polar surface area (TPSA) is 41.9 Å². The summed E-state index contributed by atoms with van der Waals surface area (Å²) in [6.07, 6.45) is 3.38. The summed E-state index contributed by atoms with van der Waals surface area (Å²) < 4.78 is 1.77. The molecule has 0 saturated heterocycles. The summed E-state index contributed by atoms with van der Waals surface area (Å²) in [6, 6.07) is 13.0. The average Bonchev–Trinajstić information content (AvgIpc) is 2.91. The maximum atomic E-state index is 5.99. The fourth-order valence-electron chi connectivity index (χ4n) is 2.28. The number of hydrogen-bond acceptors (Lipinski definition) is 2. The molecule has 0 atom stereocenters. The number of hydrogen-bond donors (Lipinski definition) is 2. The van der Waals surface area contributed by atoms with Gasteiger partial charge in [-0.15, -0.1) is 0 Å². The highest BCUT2D eigenvalue weighted by atomic mass is 35.5. The lowest BCUT2D eigenvalue weighted by Crippen LogP contribution is -2.19. The van der Waals surface area contributed by atoms with Gasteiger partial charge in [-0.3, -0.25) is 4.68 Å². The van der Waals surface area contributed by atoms with Gasteiger partial charge < -0.3 is 10.6 Å². The molecule has 1 aromatic heterocycles. The van der Waals surface area contributed by atoms with E-state index in [1.165, 1.54) is 0 Å². The minimum absolute atomic E-state index is 0.442. The smallest absolute Gasteiger partial charge is 0.175 e. The summed E-state index contributed by atoms with van der Waals surface area (Å²) in [7, 11) is 0. The highest BCUT2D eigenvalue weighted by Crippen LogP contribution is 2.22. The van der Waals surface area contributed by atoms with Crippen molar-refractivity contribution in [2.75, 3.05) is 10.6 Å². The van der Waals surface area contributed by atoms with Gasteiger partial charge in [-0.25, -0.2) is 0 Å². The molecular weight excluding hydrogens is 399 g/mol. The van der Waals surface area contributed by atoms with Crippen molar-refractivity contribution in [3.05, 3.63) is 75.5 Å². The van der Waals surface area contributed by atoms with Crippen molar-refractivity contribution in [2.45, 2.75) is 6.54 Å². The molecule has 3 rings (SSSR count). The molecule has 0 unspecified atom stereocenters. The van der Waals surface area contributed by atoms with E-state index in [1.807, 2.05) is 24.3 Å². The van der Waals surface area contributed by atoms with Gasteiger partial charge in [-0.05, 0) is 48.1 Å². The molecule has 0 radical (unpaired) electrons. The monoisotopic (exact) mass is 410 g/mol. The molecule has 4 nitrogen and oxygen atoms in total. The molecular formula is C17H13Cl3N4S. The SMILES string of the molecule is S=C(Nc1cc(Cl)cc(Cl)c1)Nc1cccc(Cn2cc(Cl)cn2)c1. The minimum atomic E-state index is 0.442. The molecule has 1 heterocycles. The van der Waals surface area contributed by atoms with Crippen molar-refractivity contribution in [2.24, 2.45) is 0 Å². The molecule has 0 fully saturated rings. The normalized spacial score (nSPS) is 10.5. The minimum Gasteiger partial charge on any atom is -0.332 e. The van der Waals surface area contributed by atoms with Crippen LogP contribution in [-0.4, -0.2) is 14.9 Å². The second-order valence-corrected chi connectivity index (χ2v) is 7.01. The molecule has 8 heteroatoms. The van der Waals surface area contributed by atoms with Crippen molar-refractivity contribution in [1.29, 1.82) is 0 Å². The summed E-state index contributed by atoms with van der Waals surface area (Å²) in [5.74, 6) is 0. The van der Waals surface area contributed by atoms with Gasteiger partial charge in [0.2, 0.25) is 0 Å². The van der Waals surface area contributed by atoms with E-state index in [-0.39, 0.29) is 0 Å². The van der Waals surface area contributed by atoms with Gasteiger partial charge in [0.1, 0.15) is 0 Å². The lowest BCUT2D eigenvalue weighted by Gasteiger charge is -2.12. The first kappa shape index (κ1) is 18.0. The molecule has 0 aliphatic carbocycles. The molecule has 0 saturated carbocycles. The standard InChI is InChI=1S/C17H13Cl3N4S/c18-12-5-13(19)7-16(6-12)23-17(25)22-15-3-1-2-11(4-15)9-24-10-14(20)8-21-24/h1-8,10H,9H2,(H2,22,23,25). The number of rotatable bonds is 4. The molecule has 3 aromatic rings. The summed E-state index contributed by atoms with van der Waals surface area (Å²) in [4.78, 5) is 0. The van der Waals surface area contributed by atoms with Crippen LogP contribution in [0.3, 0.4) is 0 Å². The van der Waals surface area contributed by atoms with Crippen molar-refractivity contribution in [3.63, 3.8) is 0 Å². The predicted molar refractivity (Wildman–Crippen MR) is 109 cm³/mol. The summed E-state index contributed by atoms with van der Waals surface area (Å²) in [5.41, 5.74) is 2.65. The molecule has 0 bridgehead atoms. The van der Waals surface area contributed by atoms with E-state index < -0.39 is 0 Å². The number of halogens is 3. The Hall–Kier alpha value is -1.79. The van der Waals surface area contributed by atoms with Crippen LogP contribution in [0.4, 0.5) is 11.4 Å². The lowest BCUT2D eigenvalue weighted by atomic mass is 10.2. The van der Waals surface area contributed by atoms with Gasteiger partial charge in [0.25, 0.3) is 0 Å². The molecule has 0 aliphatic rings. The molecule has 2 N–H and O–H groups in total. The van der Waals surface area contributed by atoms with Gasteiger partial charge >= 0.3 is 0 Å². The van der Waals surface area contributed by atoms with Crippen LogP contribution >= 0.6 is 47.0 Å². The third-order valence-electron chi connectivity index (χ3n) is 3.25. The first-order valence-electron chi connectivity index (χ1n) is 7.29. The third kappa shape index (κ3) is 5.34. The number of nitrogens with zero attached hydrogens (tertiary/aromatic N) is 2. The van der Waals surface area contributed by atoms with E-state index in [2.05, 4.69) is 15.7 Å². The van der Waals surface area contributed by atoms with Crippen LogP contribution in [0.15, 0.2) is 54.9 Å².